The highest BCUT2D eigenvalue weighted by Crippen LogP contribution is 2.57. The highest BCUT2D eigenvalue weighted by Gasteiger charge is 2.65. The van der Waals surface area contributed by atoms with Crippen LogP contribution in [0.3, 0.4) is 0 Å². The third-order valence-electron chi connectivity index (χ3n) is 13.3. The summed E-state index contributed by atoms with van der Waals surface area (Å²) in [7, 11) is 0. The molecule has 5 amide bonds. The number of hydrogen-bond donors (Lipinski definition) is 4. The molecule has 4 N–H and O–H groups in total. The summed E-state index contributed by atoms with van der Waals surface area (Å²) in [6, 6.07) is -2.02. The second-order valence-corrected chi connectivity index (χ2v) is 17.3. The molecule has 49 heavy (non-hydrogen) atoms. The van der Waals surface area contributed by atoms with E-state index in [1.807, 2.05) is 0 Å². The number of rotatable bonds is 14. The zero-order valence-corrected chi connectivity index (χ0v) is 29.8. The summed E-state index contributed by atoms with van der Waals surface area (Å²) < 4.78 is 0. The Hall–Kier alpha value is -3.17. The molecule has 7 rings (SSSR count). The number of likely N-dealkylation sites (tertiary alicyclic amines) is 1. The smallest absolute Gasteiger partial charge is 0.315 e. The van der Waals surface area contributed by atoms with Crippen LogP contribution >= 0.6 is 0 Å². The Labute approximate surface area is 292 Å². The van der Waals surface area contributed by atoms with Crippen molar-refractivity contribution < 1.29 is 24.0 Å². The van der Waals surface area contributed by atoms with Crippen molar-refractivity contribution in [3.63, 3.8) is 0 Å². The monoisotopic (exact) mass is 677 g/mol. The molecule has 6 aliphatic carbocycles. The number of carbonyl (C=O) groups is 5. The summed E-state index contributed by atoms with van der Waals surface area (Å²) in [6.07, 6.45) is 17.2. The molecule has 1 unspecified atom stereocenters. The molecule has 270 valence electrons. The van der Waals surface area contributed by atoms with Gasteiger partial charge in [-0.25, -0.2) is 4.79 Å². The molecule has 1 aliphatic heterocycles. The van der Waals surface area contributed by atoms with Crippen LogP contribution in [-0.4, -0.2) is 70.7 Å². The van der Waals surface area contributed by atoms with Gasteiger partial charge in [-0.15, -0.1) is 13.2 Å². The Morgan fingerprint density at radius 2 is 1.49 bits per heavy atom. The number of nitrogens with one attached hydrogen (secondary N) is 4. The Bertz CT molecular complexity index is 1300. The number of carbonyl (C=O) groups excluding carboxylic acids is 5. The van der Waals surface area contributed by atoms with E-state index in [0.29, 0.717) is 50.0 Å². The lowest BCUT2D eigenvalue weighted by molar-refractivity contribution is -0.151. The molecule has 4 atom stereocenters. The molecular weight excluding hydrogens is 618 g/mol. The maximum absolute atomic E-state index is 14.9. The number of hydrogen-bond acceptors (Lipinski definition) is 5. The van der Waals surface area contributed by atoms with E-state index in [-0.39, 0.29) is 47.7 Å². The van der Waals surface area contributed by atoms with E-state index in [1.165, 1.54) is 19.3 Å². The van der Waals surface area contributed by atoms with Crippen molar-refractivity contribution in [2.24, 2.45) is 35.0 Å². The maximum Gasteiger partial charge on any atom is 0.315 e. The highest BCUT2D eigenvalue weighted by molar-refractivity contribution is 6.38. The Morgan fingerprint density at radius 3 is 2.08 bits per heavy atom. The zero-order valence-electron chi connectivity index (χ0n) is 29.8. The summed E-state index contributed by atoms with van der Waals surface area (Å²) in [6.45, 7) is 12.4. The standard InChI is InChI=1S/C39H59N5O5/c1-5-7-14-30(32(45)33(46)40-15-8-6-2)41-35(48)39-22-29(37(3,4)24-39)23-44(39)34(47)31(28-12-10-9-11-13-28)42-36(49)43-38-19-25-16-26(20-38)18-27(17-25)21-38/h5-6,25-31H,1-2,7-24H2,3-4H3,(H,40,46)(H,41,48)(H2,42,43,49)/t25?,26?,27?,29?,30-,31+,38?,39+/m1/s1. The molecule has 7 aliphatic rings. The van der Waals surface area contributed by atoms with E-state index in [1.54, 1.807) is 17.1 Å². The molecule has 0 aromatic rings. The minimum atomic E-state index is -1.16. The van der Waals surface area contributed by atoms with Crippen LogP contribution in [0.4, 0.5) is 4.79 Å². The predicted octanol–water partition coefficient (Wildman–Crippen LogP) is 4.93. The second-order valence-electron chi connectivity index (χ2n) is 17.3. The first-order valence-corrected chi connectivity index (χ1v) is 19.1. The van der Waals surface area contributed by atoms with Crippen LogP contribution in [0.5, 0.6) is 0 Å². The number of ketones is 1. The van der Waals surface area contributed by atoms with Crippen LogP contribution in [0.15, 0.2) is 25.3 Å². The Kier molecular flexibility index (Phi) is 10.3. The van der Waals surface area contributed by atoms with Gasteiger partial charge in [-0.1, -0.05) is 45.3 Å². The van der Waals surface area contributed by atoms with Crippen molar-refractivity contribution in [3.8, 4) is 0 Å². The summed E-state index contributed by atoms with van der Waals surface area (Å²) in [5, 5.41) is 12.2. The minimum absolute atomic E-state index is 0.00297. The maximum atomic E-state index is 14.9. The third-order valence-corrected chi connectivity index (χ3v) is 13.3. The molecule has 10 nitrogen and oxygen atoms in total. The molecule has 1 saturated heterocycles. The lowest BCUT2D eigenvalue weighted by Gasteiger charge is -2.56. The first kappa shape index (κ1) is 35.6. The summed E-state index contributed by atoms with van der Waals surface area (Å²) >= 11 is 0. The van der Waals surface area contributed by atoms with Gasteiger partial charge in [0.25, 0.3) is 5.91 Å². The van der Waals surface area contributed by atoms with Crippen molar-refractivity contribution in [2.45, 2.75) is 140 Å². The molecular formula is C39H59N5O5. The predicted molar refractivity (Wildman–Crippen MR) is 188 cm³/mol. The zero-order chi connectivity index (χ0) is 35.0. The van der Waals surface area contributed by atoms with Crippen LogP contribution in [0.1, 0.15) is 117 Å². The summed E-state index contributed by atoms with van der Waals surface area (Å²) in [5.41, 5.74) is -1.54. The first-order valence-electron chi connectivity index (χ1n) is 19.1. The normalized spacial score (nSPS) is 33.7. The van der Waals surface area contributed by atoms with E-state index in [0.717, 1.165) is 51.4 Å². The molecule has 6 bridgehead atoms. The van der Waals surface area contributed by atoms with Gasteiger partial charge in [0.1, 0.15) is 11.6 Å². The van der Waals surface area contributed by atoms with Crippen molar-refractivity contribution in [3.05, 3.63) is 25.3 Å². The molecule has 0 spiro atoms. The number of piperidine rings is 1. The molecule has 0 radical (unpaired) electrons. The van der Waals surface area contributed by atoms with Crippen molar-refractivity contribution in [1.29, 1.82) is 0 Å². The lowest BCUT2D eigenvalue weighted by Crippen LogP contribution is -2.67. The van der Waals surface area contributed by atoms with Gasteiger partial charge >= 0.3 is 6.03 Å². The average Bonchev–Trinajstić information content (AvgIpc) is 3.57. The van der Waals surface area contributed by atoms with Gasteiger partial charge < -0.3 is 26.2 Å². The van der Waals surface area contributed by atoms with Gasteiger partial charge in [0.15, 0.2) is 0 Å². The van der Waals surface area contributed by atoms with E-state index in [9.17, 15) is 24.0 Å². The number of Topliss-reactive ketones (excluding diaryl/α,β-unsaturated/α-hetero) is 1. The Balaban J connectivity index is 1.22. The highest BCUT2D eigenvalue weighted by atomic mass is 16.2. The van der Waals surface area contributed by atoms with Gasteiger partial charge in [-0.05, 0) is 118 Å². The number of amides is 5. The van der Waals surface area contributed by atoms with Gasteiger partial charge in [0.05, 0.1) is 6.04 Å². The van der Waals surface area contributed by atoms with Gasteiger partial charge in [-0.2, -0.15) is 0 Å². The number of nitrogens with zero attached hydrogens (tertiary/aromatic N) is 1. The average molecular weight is 678 g/mol. The van der Waals surface area contributed by atoms with E-state index in [4.69, 9.17) is 0 Å². The van der Waals surface area contributed by atoms with E-state index in [2.05, 4.69) is 48.3 Å². The van der Waals surface area contributed by atoms with E-state index >= 15 is 0 Å². The number of fused-ring (bicyclic) bond motifs is 2. The molecule has 0 aromatic carbocycles. The summed E-state index contributed by atoms with van der Waals surface area (Å²) in [4.78, 5) is 71.1. The van der Waals surface area contributed by atoms with Gasteiger partial charge in [0, 0.05) is 18.6 Å². The fourth-order valence-electron chi connectivity index (χ4n) is 11.2. The van der Waals surface area contributed by atoms with Crippen LogP contribution in [0.25, 0.3) is 0 Å². The SMILES string of the molecule is C=CCCNC(=O)C(=O)[C@@H](CCC=C)NC(=O)[C@@]12CC(CN1C(=O)[C@@H](NC(=O)NC13CC4CC(CC(C4)C1)C3)C1CCCCC1)C(C)(C)C2. The second kappa shape index (κ2) is 14.2. The van der Waals surface area contributed by atoms with Crippen LogP contribution < -0.4 is 21.3 Å². The van der Waals surface area contributed by atoms with Gasteiger partial charge in [0.2, 0.25) is 17.6 Å². The summed E-state index contributed by atoms with van der Waals surface area (Å²) in [5.74, 6) is 0.107. The van der Waals surface area contributed by atoms with Crippen LogP contribution in [0, 0.1) is 35.0 Å². The fraction of sp³-hybridized carbons (Fsp3) is 0.769. The lowest BCUT2D eigenvalue weighted by atomic mass is 9.53. The molecule has 0 aromatic heterocycles. The van der Waals surface area contributed by atoms with Crippen LogP contribution in [-0.2, 0) is 19.2 Å². The van der Waals surface area contributed by atoms with Crippen molar-refractivity contribution in [1.82, 2.24) is 26.2 Å². The van der Waals surface area contributed by atoms with Crippen LogP contribution in [0.2, 0.25) is 0 Å². The third kappa shape index (κ3) is 7.21. The quantitative estimate of drug-likeness (QED) is 0.117. The Morgan fingerprint density at radius 1 is 0.857 bits per heavy atom. The van der Waals surface area contributed by atoms with E-state index < -0.39 is 35.2 Å². The largest absolute Gasteiger partial charge is 0.349 e. The number of urea groups is 1. The van der Waals surface area contributed by atoms with Crippen molar-refractivity contribution >= 4 is 29.5 Å². The first-order chi connectivity index (χ1) is 23.4. The minimum Gasteiger partial charge on any atom is -0.349 e. The topological polar surface area (TPSA) is 137 Å². The molecule has 1 heterocycles. The molecule has 7 fully saturated rings. The van der Waals surface area contributed by atoms with Crippen molar-refractivity contribution in [2.75, 3.05) is 13.1 Å². The molecule has 6 saturated carbocycles. The fourth-order valence-corrected chi connectivity index (χ4v) is 11.2. The molecule has 10 heteroatoms. The number of allylic oxidation sites excluding steroid dienone is 1. The van der Waals surface area contributed by atoms with Gasteiger partial charge in [-0.3, -0.25) is 19.2 Å².